The van der Waals surface area contributed by atoms with Crippen molar-refractivity contribution in [1.29, 1.82) is 5.26 Å². The molecule has 4 nitrogen and oxygen atoms in total. The molecule has 2 fully saturated rings. The average Bonchev–Trinajstić information content (AvgIpc) is 3.30. The van der Waals surface area contributed by atoms with Gasteiger partial charge in [0.1, 0.15) is 5.41 Å². The number of anilines is 2. The van der Waals surface area contributed by atoms with Crippen LogP contribution in [-0.4, -0.2) is 19.0 Å². The molecule has 1 saturated carbocycles. The molecule has 1 N–H and O–H groups in total. The predicted molar refractivity (Wildman–Crippen MR) is 78.4 cm³/mol. The zero-order valence-corrected chi connectivity index (χ0v) is 11.6. The van der Waals surface area contributed by atoms with Gasteiger partial charge in [-0.15, -0.1) is 0 Å². The highest BCUT2D eigenvalue weighted by atomic mass is 16.2. The van der Waals surface area contributed by atoms with Gasteiger partial charge >= 0.3 is 0 Å². The first-order chi connectivity index (χ1) is 9.75. The van der Waals surface area contributed by atoms with E-state index in [0.717, 1.165) is 24.5 Å². The van der Waals surface area contributed by atoms with Gasteiger partial charge in [0, 0.05) is 13.1 Å². The number of nitrogens with one attached hydrogen (secondary N) is 1. The Morgan fingerprint density at radius 1 is 1.20 bits per heavy atom. The van der Waals surface area contributed by atoms with Crippen LogP contribution < -0.4 is 10.2 Å². The summed E-state index contributed by atoms with van der Waals surface area (Å²) >= 11 is 0. The highest BCUT2D eigenvalue weighted by Gasteiger charge is 2.50. The third kappa shape index (κ3) is 2.36. The lowest BCUT2D eigenvalue weighted by Crippen LogP contribution is -2.31. The third-order valence-electron chi connectivity index (χ3n) is 4.25. The maximum absolute atomic E-state index is 12.2. The molecule has 1 aromatic rings. The molecule has 0 spiro atoms. The summed E-state index contributed by atoms with van der Waals surface area (Å²) in [6.07, 6.45) is 5.04. The molecule has 1 aliphatic heterocycles. The van der Waals surface area contributed by atoms with Gasteiger partial charge < -0.3 is 10.2 Å². The maximum Gasteiger partial charge on any atom is 0.244 e. The van der Waals surface area contributed by atoms with Crippen molar-refractivity contribution in [3.8, 4) is 6.07 Å². The van der Waals surface area contributed by atoms with Crippen molar-refractivity contribution in [3.63, 3.8) is 0 Å². The first kappa shape index (κ1) is 13.0. The smallest absolute Gasteiger partial charge is 0.244 e. The van der Waals surface area contributed by atoms with E-state index in [-0.39, 0.29) is 5.91 Å². The summed E-state index contributed by atoms with van der Waals surface area (Å²) in [5, 5.41) is 12.1. The van der Waals surface area contributed by atoms with Crippen LogP contribution >= 0.6 is 0 Å². The summed E-state index contributed by atoms with van der Waals surface area (Å²) < 4.78 is 0. The van der Waals surface area contributed by atoms with E-state index in [1.54, 1.807) is 0 Å². The monoisotopic (exact) mass is 269 g/mol. The molecule has 1 saturated heterocycles. The number of hydrogen-bond acceptors (Lipinski definition) is 3. The summed E-state index contributed by atoms with van der Waals surface area (Å²) in [6, 6.07) is 10.0. The highest BCUT2D eigenvalue weighted by Crippen LogP contribution is 2.46. The molecular formula is C16H19N3O. The molecule has 0 unspecified atom stereocenters. The minimum Gasteiger partial charge on any atom is -0.370 e. The third-order valence-corrected chi connectivity index (χ3v) is 4.25. The minimum atomic E-state index is -0.769. The van der Waals surface area contributed by atoms with Gasteiger partial charge in [-0.1, -0.05) is 12.1 Å². The van der Waals surface area contributed by atoms with Crippen molar-refractivity contribution >= 4 is 17.3 Å². The number of benzene rings is 1. The van der Waals surface area contributed by atoms with Gasteiger partial charge in [0.2, 0.25) is 5.91 Å². The van der Waals surface area contributed by atoms with Crippen molar-refractivity contribution in [2.75, 3.05) is 23.3 Å². The molecule has 0 aromatic heterocycles. The van der Waals surface area contributed by atoms with Crippen LogP contribution in [0.3, 0.4) is 0 Å². The Bertz CT molecular complexity index is 551. The zero-order valence-electron chi connectivity index (χ0n) is 11.6. The molecule has 1 amide bonds. The minimum absolute atomic E-state index is 0.149. The van der Waals surface area contributed by atoms with E-state index in [0.29, 0.717) is 12.8 Å². The van der Waals surface area contributed by atoms with Crippen LogP contribution in [0.25, 0.3) is 0 Å². The Morgan fingerprint density at radius 3 is 2.55 bits per heavy atom. The van der Waals surface area contributed by atoms with Gasteiger partial charge in [-0.05, 0) is 44.2 Å². The second kappa shape index (κ2) is 5.16. The quantitative estimate of drug-likeness (QED) is 0.918. The Balaban J connectivity index is 1.79. The van der Waals surface area contributed by atoms with Crippen LogP contribution in [0.2, 0.25) is 0 Å². The largest absolute Gasteiger partial charge is 0.370 e. The summed E-state index contributed by atoms with van der Waals surface area (Å²) in [6.45, 7) is 2.08. The first-order valence-electron chi connectivity index (χ1n) is 7.32. The second-order valence-corrected chi connectivity index (χ2v) is 5.71. The van der Waals surface area contributed by atoms with Crippen molar-refractivity contribution in [2.45, 2.75) is 32.1 Å². The molecule has 1 aromatic carbocycles. The van der Waals surface area contributed by atoms with Crippen molar-refractivity contribution in [1.82, 2.24) is 0 Å². The molecular weight excluding hydrogens is 250 g/mol. The van der Waals surface area contributed by atoms with E-state index in [2.05, 4.69) is 16.3 Å². The fourth-order valence-electron chi connectivity index (χ4n) is 2.75. The van der Waals surface area contributed by atoms with Gasteiger partial charge in [0.25, 0.3) is 0 Å². The lowest BCUT2D eigenvalue weighted by Gasteiger charge is -2.30. The number of nitrogens with zero attached hydrogens (tertiary/aromatic N) is 2. The first-order valence-corrected chi connectivity index (χ1v) is 7.32. The van der Waals surface area contributed by atoms with Gasteiger partial charge in [-0.2, -0.15) is 5.26 Å². The molecule has 0 radical (unpaired) electrons. The number of hydrogen-bond donors (Lipinski definition) is 1. The van der Waals surface area contributed by atoms with Gasteiger partial charge in [0.05, 0.1) is 17.4 Å². The van der Waals surface area contributed by atoms with Crippen LogP contribution in [-0.2, 0) is 4.79 Å². The molecule has 4 heteroatoms. The van der Waals surface area contributed by atoms with Gasteiger partial charge in [-0.25, -0.2) is 0 Å². The van der Waals surface area contributed by atoms with Crippen LogP contribution in [0.1, 0.15) is 32.1 Å². The number of carbonyl (C=O) groups is 1. The number of rotatable bonds is 3. The Labute approximate surface area is 119 Å². The molecule has 104 valence electrons. The molecule has 3 rings (SSSR count). The summed E-state index contributed by atoms with van der Waals surface area (Å²) in [4.78, 5) is 14.5. The van der Waals surface area contributed by atoms with E-state index in [4.69, 9.17) is 5.26 Å². The van der Waals surface area contributed by atoms with E-state index in [1.807, 2.05) is 24.3 Å². The van der Waals surface area contributed by atoms with Crippen molar-refractivity contribution in [2.24, 2.45) is 5.41 Å². The molecule has 20 heavy (non-hydrogen) atoms. The van der Waals surface area contributed by atoms with E-state index in [1.165, 1.54) is 19.3 Å². The highest BCUT2D eigenvalue weighted by molar-refractivity contribution is 6.01. The predicted octanol–water partition coefficient (Wildman–Crippen LogP) is 2.92. The molecule has 0 bridgehead atoms. The maximum atomic E-state index is 12.2. The number of nitriles is 1. The number of amides is 1. The molecule has 1 heterocycles. The second-order valence-electron chi connectivity index (χ2n) is 5.71. The lowest BCUT2D eigenvalue weighted by molar-refractivity contribution is -0.119. The van der Waals surface area contributed by atoms with E-state index < -0.39 is 5.41 Å². The standard InChI is InChI=1S/C16H19N3O/c17-12-16(8-9-16)15(20)18-13-6-2-3-7-14(13)19-10-4-1-5-11-19/h2-3,6-7H,1,4-5,8-11H2,(H,18,20). The average molecular weight is 269 g/mol. The molecule has 1 aliphatic carbocycles. The lowest BCUT2D eigenvalue weighted by atomic mass is 10.1. The summed E-state index contributed by atoms with van der Waals surface area (Å²) in [5.74, 6) is -0.149. The SMILES string of the molecule is N#CC1(C(=O)Nc2ccccc2N2CCCCC2)CC1. The van der Waals surface area contributed by atoms with Crippen LogP contribution in [0.4, 0.5) is 11.4 Å². The van der Waals surface area contributed by atoms with Crippen LogP contribution in [0.15, 0.2) is 24.3 Å². The summed E-state index contributed by atoms with van der Waals surface area (Å²) in [5.41, 5.74) is 1.14. The van der Waals surface area contributed by atoms with E-state index in [9.17, 15) is 4.79 Å². The fourth-order valence-corrected chi connectivity index (χ4v) is 2.75. The Hall–Kier alpha value is -2.02. The summed E-state index contributed by atoms with van der Waals surface area (Å²) in [7, 11) is 0. The van der Waals surface area contributed by atoms with Crippen molar-refractivity contribution < 1.29 is 4.79 Å². The zero-order chi connectivity index (χ0) is 14.0. The van der Waals surface area contributed by atoms with Crippen molar-refractivity contribution in [3.05, 3.63) is 24.3 Å². The number of para-hydroxylation sites is 2. The van der Waals surface area contributed by atoms with Gasteiger partial charge in [0.15, 0.2) is 0 Å². The molecule has 0 atom stereocenters. The molecule has 2 aliphatic rings. The van der Waals surface area contributed by atoms with E-state index >= 15 is 0 Å². The topological polar surface area (TPSA) is 56.1 Å². The number of piperidine rings is 1. The Morgan fingerprint density at radius 2 is 1.90 bits per heavy atom. The van der Waals surface area contributed by atoms with Gasteiger partial charge in [-0.3, -0.25) is 4.79 Å². The van der Waals surface area contributed by atoms with Crippen LogP contribution in [0.5, 0.6) is 0 Å². The Kier molecular flexibility index (Phi) is 3.35. The fraction of sp³-hybridized carbons (Fsp3) is 0.500. The number of carbonyl (C=O) groups excluding carboxylic acids is 1. The normalized spacial score (nSPS) is 20.1. The van der Waals surface area contributed by atoms with Crippen LogP contribution in [0, 0.1) is 16.7 Å².